The molecule has 2 rings (SSSR count). The number of hydrogen-bond acceptors (Lipinski definition) is 5. The van der Waals surface area contributed by atoms with Crippen LogP contribution in [0, 0.1) is 13.8 Å². The van der Waals surface area contributed by atoms with E-state index in [1.165, 1.54) is 7.11 Å². The number of rotatable bonds is 6. The SMILES string of the molecule is CCOC(=O)c1c(S(=O)(=O)Nc2ccccc2OC)c(C)n(C)c1C. The normalized spacial score (nSPS) is 11.2. The molecule has 0 amide bonds. The quantitative estimate of drug-likeness (QED) is 0.794. The largest absolute Gasteiger partial charge is 0.495 e. The predicted octanol–water partition coefficient (Wildman–Crippen LogP) is 2.63. The van der Waals surface area contributed by atoms with Crippen LogP contribution in [0.15, 0.2) is 29.2 Å². The van der Waals surface area contributed by atoms with Gasteiger partial charge in [-0.1, -0.05) is 12.1 Å². The fourth-order valence-corrected chi connectivity index (χ4v) is 4.20. The van der Waals surface area contributed by atoms with E-state index in [4.69, 9.17) is 9.47 Å². The highest BCUT2D eigenvalue weighted by Crippen LogP contribution is 2.31. The van der Waals surface area contributed by atoms with Gasteiger partial charge in [0.1, 0.15) is 16.2 Å². The number of anilines is 1. The Morgan fingerprint density at radius 2 is 1.84 bits per heavy atom. The molecule has 8 heteroatoms. The Balaban J connectivity index is 2.60. The monoisotopic (exact) mass is 366 g/mol. The maximum atomic E-state index is 13.0. The van der Waals surface area contributed by atoms with E-state index in [-0.39, 0.29) is 17.1 Å². The lowest BCUT2D eigenvalue weighted by Crippen LogP contribution is -2.18. The van der Waals surface area contributed by atoms with Gasteiger partial charge in [0.15, 0.2) is 0 Å². The average Bonchev–Trinajstić information content (AvgIpc) is 2.80. The molecule has 0 bridgehead atoms. The molecule has 7 nitrogen and oxygen atoms in total. The molecule has 25 heavy (non-hydrogen) atoms. The van der Waals surface area contributed by atoms with Crippen LogP contribution in [0.4, 0.5) is 5.69 Å². The zero-order valence-corrected chi connectivity index (χ0v) is 15.7. The standard InChI is InChI=1S/C17H22N2O5S/c1-6-24-17(20)15-11(2)19(4)12(3)16(15)25(21,22)18-13-9-7-8-10-14(13)23-5/h7-10,18H,6H2,1-5H3. The number of para-hydroxylation sites is 2. The Kier molecular flexibility index (Phi) is 5.42. The first-order valence-corrected chi connectivity index (χ1v) is 9.21. The highest BCUT2D eigenvalue weighted by atomic mass is 32.2. The molecule has 0 radical (unpaired) electrons. The molecule has 2 aromatic rings. The molecule has 0 atom stereocenters. The van der Waals surface area contributed by atoms with E-state index in [1.54, 1.807) is 56.7 Å². The first kappa shape index (κ1) is 18.9. The van der Waals surface area contributed by atoms with Crippen molar-refractivity contribution in [1.29, 1.82) is 0 Å². The second kappa shape index (κ2) is 7.18. The highest BCUT2D eigenvalue weighted by Gasteiger charge is 2.32. The van der Waals surface area contributed by atoms with E-state index in [9.17, 15) is 13.2 Å². The van der Waals surface area contributed by atoms with Gasteiger partial charge in [0.25, 0.3) is 10.0 Å². The molecule has 1 aromatic heterocycles. The molecule has 0 aliphatic carbocycles. The van der Waals surface area contributed by atoms with Gasteiger partial charge >= 0.3 is 5.97 Å². The Labute approximate surface area is 147 Å². The van der Waals surface area contributed by atoms with E-state index >= 15 is 0 Å². The number of nitrogens with one attached hydrogen (secondary N) is 1. The van der Waals surface area contributed by atoms with Gasteiger partial charge in [0.05, 0.1) is 19.4 Å². The van der Waals surface area contributed by atoms with Crippen LogP contribution in [-0.4, -0.2) is 32.7 Å². The molecule has 0 saturated heterocycles. The minimum absolute atomic E-state index is 0.0456. The number of hydrogen-bond donors (Lipinski definition) is 1. The molecular formula is C17H22N2O5S. The van der Waals surface area contributed by atoms with Gasteiger partial charge in [-0.2, -0.15) is 0 Å². The van der Waals surface area contributed by atoms with Gasteiger partial charge in [-0.25, -0.2) is 13.2 Å². The summed E-state index contributed by atoms with van der Waals surface area (Å²) in [5.41, 5.74) is 1.31. The van der Waals surface area contributed by atoms with E-state index in [2.05, 4.69) is 4.72 Å². The fourth-order valence-electron chi connectivity index (χ4n) is 2.61. The first-order chi connectivity index (χ1) is 11.7. The van der Waals surface area contributed by atoms with Gasteiger partial charge in [-0.15, -0.1) is 0 Å². The maximum Gasteiger partial charge on any atom is 0.341 e. The van der Waals surface area contributed by atoms with Gasteiger partial charge in [-0.05, 0) is 32.9 Å². The van der Waals surface area contributed by atoms with Crippen molar-refractivity contribution >= 4 is 21.7 Å². The fraction of sp³-hybridized carbons (Fsp3) is 0.353. The van der Waals surface area contributed by atoms with Crippen molar-refractivity contribution in [2.24, 2.45) is 7.05 Å². The van der Waals surface area contributed by atoms with Gasteiger partial charge in [0, 0.05) is 18.4 Å². The molecule has 1 N–H and O–H groups in total. The van der Waals surface area contributed by atoms with E-state index < -0.39 is 16.0 Å². The third-order valence-electron chi connectivity index (χ3n) is 4.02. The third-order valence-corrected chi connectivity index (χ3v) is 5.55. The van der Waals surface area contributed by atoms with Crippen LogP contribution >= 0.6 is 0 Å². The number of carbonyl (C=O) groups excluding carboxylic acids is 1. The number of carbonyl (C=O) groups is 1. The Bertz CT molecular complexity index is 900. The van der Waals surface area contributed by atoms with Crippen LogP contribution < -0.4 is 9.46 Å². The smallest absolute Gasteiger partial charge is 0.341 e. The summed E-state index contributed by atoms with van der Waals surface area (Å²) in [6, 6.07) is 6.66. The van der Waals surface area contributed by atoms with Crippen molar-refractivity contribution in [1.82, 2.24) is 4.57 Å². The number of benzene rings is 1. The number of ether oxygens (including phenoxy) is 2. The zero-order chi connectivity index (χ0) is 18.8. The second-order valence-corrected chi connectivity index (χ2v) is 7.08. The molecule has 0 aliphatic rings. The minimum atomic E-state index is -4.02. The van der Waals surface area contributed by atoms with Crippen molar-refractivity contribution in [3.8, 4) is 5.75 Å². The van der Waals surface area contributed by atoms with Crippen LogP contribution in [0.2, 0.25) is 0 Å². The number of sulfonamides is 1. The van der Waals surface area contributed by atoms with Crippen molar-refractivity contribution in [3.05, 3.63) is 41.2 Å². The molecule has 0 unspecified atom stereocenters. The van der Waals surface area contributed by atoms with E-state index in [0.29, 0.717) is 22.8 Å². The third kappa shape index (κ3) is 3.48. The first-order valence-electron chi connectivity index (χ1n) is 7.73. The van der Waals surface area contributed by atoms with Crippen LogP contribution in [0.5, 0.6) is 5.75 Å². The summed E-state index contributed by atoms with van der Waals surface area (Å²) in [5, 5.41) is 0. The Morgan fingerprint density at radius 3 is 2.44 bits per heavy atom. The molecule has 0 spiro atoms. The molecule has 0 saturated carbocycles. The van der Waals surface area contributed by atoms with Crippen molar-refractivity contribution in [2.45, 2.75) is 25.7 Å². The predicted molar refractivity (Wildman–Crippen MR) is 94.6 cm³/mol. The molecule has 0 aliphatic heterocycles. The van der Waals surface area contributed by atoms with Crippen molar-refractivity contribution in [3.63, 3.8) is 0 Å². The topological polar surface area (TPSA) is 86.6 Å². The lowest BCUT2D eigenvalue weighted by molar-refractivity contribution is 0.0521. The lowest BCUT2D eigenvalue weighted by atomic mass is 10.2. The molecule has 1 heterocycles. The second-order valence-electron chi connectivity index (χ2n) is 5.46. The summed E-state index contributed by atoms with van der Waals surface area (Å²) in [4.78, 5) is 12.2. The van der Waals surface area contributed by atoms with Crippen LogP contribution in [0.1, 0.15) is 28.7 Å². The molecule has 136 valence electrons. The summed E-state index contributed by atoms with van der Waals surface area (Å²) >= 11 is 0. The summed E-state index contributed by atoms with van der Waals surface area (Å²) in [7, 11) is -0.867. The van der Waals surface area contributed by atoms with Gasteiger partial charge < -0.3 is 14.0 Å². The Hall–Kier alpha value is -2.48. The summed E-state index contributed by atoms with van der Waals surface area (Å²) in [6.07, 6.45) is 0. The average molecular weight is 366 g/mol. The van der Waals surface area contributed by atoms with Crippen molar-refractivity contribution < 1.29 is 22.7 Å². The summed E-state index contributed by atoms with van der Waals surface area (Å²) in [6.45, 7) is 5.16. The Morgan fingerprint density at radius 1 is 1.20 bits per heavy atom. The number of nitrogens with zero attached hydrogens (tertiary/aromatic N) is 1. The minimum Gasteiger partial charge on any atom is -0.495 e. The lowest BCUT2D eigenvalue weighted by Gasteiger charge is -2.13. The van der Waals surface area contributed by atoms with Crippen LogP contribution in [-0.2, 0) is 21.8 Å². The zero-order valence-electron chi connectivity index (χ0n) is 14.9. The number of esters is 1. The number of methoxy groups -OCH3 is 1. The highest BCUT2D eigenvalue weighted by molar-refractivity contribution is 7.92. The van der Waals surface area contributed by atoms with Gasteiger partial charge in [-0.3, -0.25) is 4.72 Å². The van der Waals surface area contributed by atoms with Crippen LogP contribution in [0.25, 0.3) is 0 Å². The van der Waals surface area contributed by atoms with E-state index in [0.717, 1.165) is 0 Å². The molecular weight excluding hydrogens is 344 g/mol. The summed E-state index contributed by atoms with van der Waals surface area (Å²) < 4.78 is 40.4. The van der Waals surface area contributed by atoms with Crippen molar-refractivity contribution in [2.75, 3.05) is 18.4 Å². The maximum absolute atomic E-state index is 13.0. The number of aromatic nitrogens is 1. The van der Waals surface area contributed by atoms with Crippen LogP contribution in [0.3, 0.4) is 0 Å². The van der Waals surface area contributed by atoms with Gasteiger partial charge in [0.2, 0.25) is 0 Å². The molecule has 0 fully saturated rings. The van der Waals surface area contributed by atoms with E-state index in [1.807, 2.05) is 0 Å². The summed E-state index contributed by atoms with van der Waals surface area (Å²) in [5.74, 6) is -0.279. The molecule has 1 aromatic carbocycles.